The van der Waals surface area contributed by atoms with E-state index in [4.69, 9.17) is 21.1 Å². The van der Waals surface area contributed by atoms with Gasteiger partial charge in [-0.2, -0.15) is 0 Å². The number of rotatable bonds is 7. The maximum Gasteiger partial charge on any atom is 0.262 e. The number of nitrogens with one attached hydrogen (secondary N) is 1. The number of hydrogen-bond acceptors (Lipinski definition) is 4. The molecule has 0 atom stereocenters. The van der Waals surface area contributed by atoms with Gasteiger partial charge in [-0.25, -0.2) is 0 Å². The van der Waals surface area contributed by atoms with Crippen molar-refractivity contribution >= 4 is 23.2 Å². The van der Waals surface area contributed by atoms with Crippen molar-refractivity contribution in [3.8, 4) is 11.5 Å². The zero-order valence-corrected chi connectivity index (χ0v) is 13.5. The van der Waals surface area contributed by atoms with E-state index >= 15 is 0 Å². The van der Waals surface area contributed by atoms with Crippen LogP contribution in [0.4, 0.5) is 5.69 Å². The standard InChI is InChI=1S/C17H18ClNO4/c1-2-22-15-9-12(10-20)8-14(18)17(15)23-11-16(21)19-13-6-4-3-5-7-13/h3-9,20H,2,10-11H2,1H3,(H,19,21). The molecule has 1 amide bonds. The number of aliphatic hydroxyl groups is 1. The zero-order valence-electron chi connectivity index (χ0n) is 12.7. The number of amides is 1. The van der Waals surface area contributed by atoms with E-state index in [2.05, 4.69) is 5.32 Å². The molecule has 2 N–H and O–H groups in total. The van der Waals surface area contributed by atoms with Crippen molar-refractivity contribution in [1.29, 1.82) is 0 Å². The van der Waals surface area contributed by atoms with E-state index in [0.29, 0.717) is 23.6 Å². The Morgan fingerprint density at radius 2 is 1.96 bits per heavy atom. The second-order valence-corrected chi connectivity index (χ2v) is 5.11. The van der Waals surface area contributed by atoms with Gasteiger partial charge in [0.1, 0.15) is 0 Å². The molecule has 0 fully saturated rings. The smallest absolute Gasteiger partial charge is 0.262 e. The molecule has 0 aromatic heterocycles. The van der Waals surface area contributed by atoms with E-state index < -0.39 is 0 Å². The number of carbonyl (C=O) groups is 1. The molecule has 0 unspecified atom stereocenters. The minimum Gasteiger partial charge on any atom is -0.490 e. The molecule has 0 heterocycles. The van der Waals surface area contributed by atoms with Gasteiger partial charge < -0.3 is 19.9 Å². The highest BCUT2D eigenvalue weighted by Crippen LogP contribution is 2.36. The maximum atomic E-state index is 11.9. The van der Waals surface area contributed by atoms with Crippen LogP contribution >= 0.6 is 11.6 Å². The Labute approximate surface area is 139 Å². The zero-order chi connectivity index (χ0) is 16.7. The fourth-order valence-electron chi connectivity index (χ4n) is 1.97. The van der Waals surface area contributed by atoms with Crippen LogP contribution in [0.15, 0.2) is 42.5 Å². The number of ether oxygens (including phenoxy) is 2. The normalized spacial score (nSPS) is 10.2. The van der Waals surface area contributed by atoms with Crippen molar-refractivity contribution in [3.05, 3.63) is 53.1 Å². The molecular weight excluding hydrogens is 318 g/mol. The maximum absolute atomic E-state index is 11.9. The lowest BCUT2D eigenvalue weighted by molar-refractivity contribution is -0.118. The van der Waals surface area contributed by atoms with E-state index in [1.807, 2.05) is 25.1 Å². The molecule has 0 aliphatic rings. The summed E-state index contributed by atoms with van der Waals surface area (Å²) in [5.41, 5.74) is 1.30. The van der Waals surface area contributed by atoms with E-state index in [-0.39, 0.29) is 29.9 Å². The minimum atomic E-state index is -0.305. The highest BCUT2D eigenvalue weighted by atomic mass is 35.5. The molecule has 122 valence electrons. The van der Waals surface area contributed by atoms with E-state index in [1.165, 1.54) is 0 Å². The van der Waals surface area contributed by atoms with Crippen LogP contribution in [0.25, 0.3) is 0 Å². The van der Waals surface area contributed by atoms with Gasteiger partial charge in [0.15, 0.2) is 18.1 Å². The molecule has 0 aliphatic heterocycles. The Morgan fingerprint density at radius 1 is 1.22 bits per heavy atom. The second-order valence-electron chi connectivity index (χ2n) is 4.70. The van der Waals surface area contributed by atoms with Gasteiger partial charge in [-0.05, 0) is 36.8 Å². The van der Waals surface area contributed by atoms with Crippen molar-refractivity contribution in [2.75, 3.05) is 18.5 Å². The lowest BCUT2D eigenvalue weighted by Crippen LogP contribution is -2.20. The minimum absolute atomic E-state index is 0.158. The van der Waals surface area contributed by atoms with Crippen LogP contribution < -0.4 is 14.8 Å². The predicted octanol–water partition coefficient (Wildman–Crippen LogP) is 3.25. The largest absolute Gasteiger partial charge is 0.490 e. The summed E-state index contributed by atoms with van der Waals surface area (Å²) in [6.07, 6.45) is 0. The van der Waals surface area contributed by atoms with Gasteiger partial charge in [0.05, 0.1) is 18.2 Å². The van der Waals surface area contributed by atoms with Crippen LogP contribution in [-0.4, -0.2) is 24.2 Å². The quantitative estimate of drug-likeness (QED) is 0.815. The summed E-state index contributed by atoms with van der Waals surface area (Å²) >= 11 is 6.14. The summed E-state index contributed by atoms with van der Waals surface area (Å²) < 4.78 is 11.0. The van der Waals surface area contributed by atoms with Crippen LogP contribution in [0.5, 0.6) is 11.5 Å². The molecule has 5 nitrogen and oxygen atoms in total. The first-order valence-corrected chi connectivity index (χ1v) is 7.55. The predicted molar refractivity (Wildman–Crippen MR) is 89.1 cm³/mol. The number of benzene rings is 2. The summed E-state index contributed by atoms with van der Waals surface area (Å²) in [6, 6.07) is 12.3. The van der Waals surface area contributed by atoms with Gasteiger partial charge in [0.25, 0.3) is 5.91 Å². The molecule has 0 aliphatic carbocycles. The number of aliphatic hydroxyl groups excluding tert-OH is 1. The highest BCUT2D eigenvalue weighted by molar-refractivity contribution is 6.32. The fourth-order valence-corrected chi connectivity index (χ4v) is 2.26. The van der Waals surface area contributed by atoms with Crippen molar-refractivity contribution in [2.24, 2.45) is 0 Å². The van der Waals surface area contributed by atoms with Crippen LogP contribution in [-0.2, 0) is 11.4 Å². The Kier molecular flexibility index (Phi) is 6.26. The fraction of sp³-hybridized carbons (Fsp3) is 0.235. The highest BCUT2D eigenvalue weighted by Gasteiger charge is 2.14. The third-order valence-electron chi connectivity index (χ3n) is 2.96. The van der Waals surface area contributed by atoms with Gasteiger partial charge in [0.2, 0.25) is 0 Å². The van der Waals surface area contributed by atoms with Crippen LogP contribution in [0, 0.1) is 0 Å². The molecule has 23 heavy (non-hydrogen) atoms. The molecule has 6 heteroatoms. The van der Waals surface area contributed by atoms with Crippen molar-refractivity contribution in [1.82, 2.24) is 0 Å². The van der Waals surface area contributed by atoms with E-state index in [1.54, 1.807) is 24.3 Å². The molecule has 0 saturated heterocycles. The van der Waals surface area contributed by atoms with Crippen LogP contribution in [0.1, 0.15) is 12.5 Å². The van der Waals surface area contributed by atoms with Crippen LogP contribution in [0.3, 0.4) is 0 Å². The lowest BCUT2D eigenvalue weighted by Gasteiger charge is -2.14. The monoisotopic (exact) mass is 335 g/mol. The average molecular weight is 336 g/mol. The van der Waals surface area contributed by atoms with Crippen molar-refractivity contribution in [3.63, 3.8) is 0 Å². The SMILES string of the molecule is CCOc1cc(CO)cc(Cl)c1OCC(=O)Nc1ccccc1. The first kappa shape index (κ1) is 17.1. The number of hydrogen-bond donors (Lipinski definition) is 2. The molecule has 2 aromatic carbocycles. The number of anilines is 1. The second kappa shape index (κ2) is 8.41. The number of carbonyl (C=O) groups excluding carboxylic acids is 1. The molecule has 0 bridgehead atoms. The van der Waals surface area contributed by atoms with Crippen molar-refractivity contribution < 1.29 is 19.4 Å². The molecule has 2 aromatic rings. The first-order chi connectivity index (χ1) is 11.1. The van der Waals surface area contributed by atoms with Crippen LogP contribution in [0.2, 0.25) is 5.02 Å². The average Bonchev–Trinajstić information content (AvgIpc) is 2.55. The Morgan fingerprint density at radius 3 is 2.61 bits per heavy atom. The topological polar surface area (TPSA) is 67.8 Å². The summed E-state index contributed by atoms with van der Waals surface area (Å²) in [7, 11) is 0. The molecule has 0 saturated carbocycles. The molecule has 0 radical (unpaired) electrons. The molecule has 2 rings (SSSR count). The lowest BCUT2D eigenvalue weighted by atomic mass is 10.2. The van der Waals surface area contributed by atoms with Gasteiger partial charge >= 0.3 is 0 Å². The van der Waals surface area contributed by atoms with Gasteiger partial charge in [-0.3, -0.25) is 4.79 Å². The summed E-state index contributed by atoms with van der Waals surface area (Å²) in [4.78, 5) is 11.9. The number of halogens is 1. The van der Waals surface area contributed by atoms with Gasteiger partial charge in [-0.15, -0.1) is 0 Å². The third-order valence-corrected chi connectivity index (χ3v) is 3.24. The Balaban J connectivity index is 2.05. The van der Waals surface area contributed by atoms with Gasteiger partial charge in [0, 0.05) is 5.69 Å². The summed E-state index contributed by atoms with van der Waals surface area (Å²) in [6.45, 7) is 1.88. The van der Waals surface area contributed by atoms with E-state index in [0.717, 1.165) is 0 Å². The molecule has 0 spiro atoms. The Hall–Kier alpha value is -2.24. The Bertz CT molecular complexity index is 661. The first-order valence-electron chi connectivity index (χ1n) is 7.17. The number of para-hydroxylation sites is 1. The van der Waals surface area contributed by atoms with Crippen molar-refractivity contribution in [2.45, 2.75) is 13.5 Å². The van der Waals surface area contributed by atoms with E-state index in [9.17, 15) is 9.90 Å². The molecular formula is C17H18ClNO4. The summed E-state index contributed by atoms with van der Waals surface area (Å²) in [5.74, 6) is 0.381. The van der Waals surface area contributed by atoms with Gasteiger partial charge in [-0.1, -0.05) is 29.8 Å². The third kappa shape index (κ3) is 4.87. The summed E-state index contributed by atoms with van der Waals surface area (Å²) in [5, 5.41) is 12.2.